The molecule has 1 heterocycles. The summed E-state index contributed by atoms with van der Waals surface area (Å²) in [7, 11) is 3.47. The second-order valence-corrected chi connectivity index (χ2v) is 6.47. The van der Waals surface area contributed by atoms with Gasteiger partial charge in [-0.25, -0.2) is 0 Å². The van der Waals surface area contributed by atoms with Crippen LogP contribution in [0.2, 0.25) is 0 Å². The fraction of sp³-hybridized carbons (Fsp3) is 0.238. The molecule has 28 heavy (non-hydrogen) atoms. The molecule has 2 aromatic carbocycles. The van der Waals surface area contributed by atoms with Crippen LogP contribution in [0.3, 0.4) is 0 Å². The first-order chi connectivity index (χ1) is 13.5. The van der Waals surface area contributed by atoms with E-state index in [-0.39, 0.29) is 13.1 Å². The van der Waals surface area contributed by atoms with Gasteiger partial charge in [-0.05, 0) is 23.8 Å². The zero-order chi connectivity index (χ0) is 20.1. The van der Waals surface area contributed by atoms with E-state index in [0.717, 1.165) is 22.2 Å². The summed E-state index contributed by atoms with van der Waals surface area (Å²) in [4.78, 5) is 24.0. The topological polar surface area (TPSA) is 92.6 Å². The molecule has 0 bridgehead atoms. The summed E-state index contributed by atoms with van der Waals surface area (Å²) in [5.41, 5.74) is 2.54. The zero-order valence-electron chi connectivity index (χ0n) is 15.8. The lowest BCUT2D eigenvalue weighted by molar-refractivity contribution is -0.139. The fourth-order valence-electron chi connectivity index (χ4n) is 3.02. The van der Waals surface area contributed by atoms with Crippen LogP contribution in [0.25, 0.3) is 10.9 Å². The number of aromatic nitrogens is 1. The molecule has 146 valence electrons. The molecule has 0 spiro atoms. The number of ether oxygens (including phenoxy) is 1. The molecular formula is C21H23N3O4. The minimum Gasteiger partial charge on any atom is -0.497 e. The van der Waals surface area contributed by atoms with Crippen molar-refractivity contribution in [2.24, 2.45) is 7.05 Å². The molecule has 0 aliphatic heterocycles. The molecule has 7 heteroatoms. The predicted octanol–water partition coefficient (Wildman–Crippen LogP) is 1.65. The first-order valence-electron chi connectivity index (χ1n) is 8.90. The predicted molar refractivity (Wildman–Crippen MR) is 106 cm³/mol. The van der Waals surface area contributed by atoms with Gasteiger partial charge in [0.25, 0.3) is 0 Å². The van der Waals surface area contributed by atoms with Crippen LogP contribution in [0.4, 0.5) is 0 Å². The molecule has 0 saturated heterocycles. The van der Waals surface area contributed by atoms with E-state index < -0.39 is 17.9 Å². The number of methoxy groups -OCH3 is 1. The van der Waals surface area contributed by atoms with Crippen LogP contribution >= 0.6 is 0 Å². The number of rotatable bonds is 6. The number of hydrogen-bond acceptors (Lipinski definition) is 4. The quantitative estimate of drug-likeness (QED) is 0.566. The normalized spacial score (nSPS) is 11.8. The van der Waals surface area contributed by atoms with Crippen LogP contribution in [0.5, 0.6) is 5.75 Å². The van der Waals surface area contributed by atoms with Crippen LogP contribution in [0.15, 0.2) is 54.7 Å². The Balaban J connectivity index is 1.53. The van der Waals surface area contributed by atoms with E-state index in [1.54, 1.807) is 31.4 Å². The summed E-state index contributed by atoms with van der Waals surface area (Å²) in [5, 5.41) is 16.4. The van der Waals surface area contributed by atoms with Crippen molar-refractivity contribution in [3.8, 4) is 5.75 Å². The largest absolute Gasteiger partial charge is 0.497 e. The number of fused-ring (bicyclic) bond motifs is 1. The highest BCUT2D eigenvalue weighted by atomic mass is 16.5. The number of aryl methyl sites for hydroxylation is 1. The number of benzene rings is 2. The van der Waals surface area contributed by atoms with E-state index in [9.17, 15) is 14.7 Å². The van der Waals surface area contributed by atoms with Gasteiger partial charge >= 0.3 is 11.8 Å². The zero-order valence-corrected chi connectivity index (χ0v) is 15.8. The average molecular weight is 381 g/mol. The van der Waals surface area contributed by atoms with Crippen LogP contribution in [-0.2, 0) is 23.2 Å². The molecule has 3 aromatic rings. The van der Waals surface area contributed by atoms with Crippen molar-refractivity contribution in [1.29, 1.82) is 0 Å². The third-order valence-electron chi connectivity index (χ3n) is 4.56. The van der Waals surface area contributed by atoms with Gasteiger partial charge in [0.2, 0.25) is 0 Å². The summed E-state index contributed by atoms with van der Waals surface area (Å²) in [6.45, 7) is 0.172. The Bertz CT molecular complexity index is 979. The molecule has 0 aliphatic rings. The number of carbonyl (C=O) groups excluding carboxylic acids is 2. The van der Waals surface area contributed by atoms with E-state index in [1.807, 2.05) is 42.1 Å². The van der Waals surface area contributed by atoms with Crippen molar-refractivity contribution >= 4 is 22.7 Å². The molecule has 0 saturated carbocycles. The van der Waals surface area contributed by atoms with Crippen LogP contribution in [0.1, 0.15) is 17.2 Å². The first kappa shape index (κ1) is 19.4. The standard InChI is InChI=1S/C21H23N3O4/c1-24-13-17(16-5-3-4-6-18(16)24)19(25)12-23-21(27)20(26)22-11-14-7-9-15(28-2)10-8-14/h3-10,13,19,25H,11-12H2,1-2H3,(H,22,26)(H,23,27). The van der Waals surface area contributed by atoms with Crippen LogP contribution in [0, 0.1) is 0 Å². The number of aliphatic hydroxyl groups excluding tert-OH is 1. The van der Waals surface area contributed by atoms with Crippen molar-refractivity contribution in [3.63, 3.8) is 0 Å². The smallest absolute Gasteiger partial charge is 0.309 e. The van der Waals surface area contributed by atoms with Crippen LogP contribution < -0.4 is 15.4 Å². The van der Waals surface area contributed by atoms with Crippen molar-refractivity contribution in [2.75, 3.05) is 13.7 Å². The van der Waals surface area contributed by atoms with E-state index in [1.165, 1.54) is 0 Å². The lowest BCUT2D eigenvalue weighted by atomic mass is 10.1. The molecule has 1 unspecified atom stereocenters. The van der Waals surface area contributed by atoms with Gasteiger partial charge in [0, 0.05) is 42.8 Å². The Morgan fingerprint density at radius 2 is 1.75 bits per heavy atom. The molecule has 3 N–H and O–H groups in total. The van der Waals surface area contributed by atoms with E-state index in [2.05, 4.69) is 10.6 Å². The molecule has 3 rings (SSSR count). The minimum absolute atomic E-state index is 0.0528. The minimum atomic E-state index is -0.913. The van der Waals surface area contributed by atoms with Gasteiger partial charge in [0.1, 0.15) is 5.75 Å². The van der Waals surface area contributed by atoms with Gasteiger partial charge in [-0.3, -0.25) is 9.59 Å². The Kier molecular flexibility index (Phi) is 5.96. The number of nitrogens with zero attached hydrogens (tertiary/aromatic N) is 1. The van der Waals surface area contributed by atoms with Gasteiger partial charge < -0.3 is 25.0 Å². The molecule has 7 nitrogen and oxygen atoms in total. The third kappa shape index (κ3) is 4.32. The Hall–Kier alpha value is -3.32. The van der Waals surface area contributed by atoms with Gasteiger partial charge in [-0.2, -0.15) is 0 Å². The SMILES string of the molecule is COc1ccc(CNC(=O)C(=O)NCC(O)c2cn(C)c3ccccc23)cc1. The summed E-state index contributed by atoms with van der Waals surface area (Å²) in [5.74, 6) is -0.816. The molecule has 2 amide bonds. The Morgan fingerprint density at radius 1 is 1.07 bits per heavy atom. The molecule has 0 aliphatic carbocycles. The molecule has 1 atom stereocenters. The average Bonchev–Trinajstić information content (AvgIpc) is 3.07. The molecule has 1 aromatic heterocycles. The highest BCUT2D eigenvalue weighted by molar-refractivity contribution is 6.35. The van der Waals surface area contributed by atoms with Crippen molar-refractivity contribution in [1.82, 2.24) is 15.2 Å². The second-order valence-electron chi connectivity index (χ2n) is 6.47. The Labute approximate surface area is 162 Å². The van der Waals surface area contributed by atoms with Gasteiger partial charge in [0.05, 0.1) is 13.2 Å². The number of amides is 2. The lowest BCUT2D eigenvalue weighted by Gasteiger charge is -2.11. The number of aliphatic hydroxyl groups is 1. The highest BCUT2D eigenvalue weighted by Gasteiger charge is 2.18. The van der Waals surface area contributed by atoms with Crippen molar-refractivity contribution in [3.05, 3.63) is 65.9 Å². The van der Waals surface area contributed by atoms with Crippen molar-refractivity contribution in [2.45, 2.75) is 12.6 Å². The maximum Gasteiger partial charge on any atom is 0.309 e. The molecular weight excluding hydrogens is 358 g/mol. The summed E-state index contributed by atoms with van der Waals surface area (Å²) >= 11 is 0. The van der Waals surface area contributed by atoms with Gasteiger partial charge in [-0.15, -0.1) is 0 Å². The lowest BCUT2D eigenvalue weighted by Crippen LogP contribution is -2.41. The van der Waals surface area contributed by atoms with E-state index in [0.29, 0.717) is 5.56 Å². The maximum atomic E-state index is 12.0. The van der Waals surface area contributed by atoms with E-state index in [4.69, 9.17) is 4.74 Å². The molecule has 0 radical (unpaired) electrons. The third-order valence-corrected chi connectivity index (χ3v) is 4.56. The maximum absolute atomic E-state index is 12.0. The number of nitrogens with one attached hydrogen (secondary N) is 2. The number of para-hydroxylation sites is 1. The number of carbonyl (C=O) groups is 2. The van der Waals surface area contributed by atoms with Gasteiger partial charge in [0.15, 0.2) is 0 Å². The van der Waals surface area contributed by atoms with Crippen LogP contribution in [-0.4, -0.2) is 35.1 Å². The molecule has 0 fully saturated rings. The second kappa shape index (κ2) is 8.58. The van der Waals surface area contributed by atoms with E-state index >= 15 is 0 Å². The fourth-order valence-corrected chi connectivity index (χ4v) is 3.02. The van der Waals surface area contributed by atoms with Crippen molar-refractivity contribution < 1.29 is 19.4 Å². The number of hydrogen-bond donors (Lipinski definition) is 3. The monoisotopic (exact) mass is 381 g/mol. The first-order valence-corrected chi connectivity index (χ1v) is 8.90. The summed E-state index contributed by atoms with van der Waals surface area (Å²) < 4.78 is 6.99. The van der Waals surface area contributed by atoms with Gasteiger partial charge in [-0.1, -0.05) is 30.3 Å². The Morgan fingerprint density at radius 3 is 2.46 bits per heavy atom. The highest BCUT2D eigenvalue weighted by Crippen LogP contribution is 2.25. The summed E-state index contributed by atoms with van der Waals surface area (Å²) in [6, 6.07) is 14.9. The summed E-state index contributed by atoms with van der Waals surface area (Å²) in [6.07, 6.45) is 0.912.